The Hall–Kier alpha value is -2.58. The number of para-hydroxylation sites is 2. The summed E-state index contributed by atoms with van der Waals surface area (Å²) in [6.07, 6.45) is 0.914. The highest BCUT2D eigenvalue weighted by atomic mass is 35.5. The van der Waals surface area contributed by atoms with Crippen LogP contribution in [0.2, 0.25) is 0 Å². The van der Waals surface area contributed by atoms with Gasteiger partial charge in [0.1, 0.15) is 11.3 Å². The summed E-state index contributed by atoms with van der Waals surface area (Å²) in [7, 11) is 4.82. The number of nitrogens with zero attached hydrogens (tertiary/aromatic N) is 4. The highest BCUT2D eigenvalue weighted by molar-refractivity contribution is 6.28. The van der Waals surface area contributed by atoms with Crippen molar-refractivity contribution in [3.05, 3.63) is 36.4 Å². The SMILES string of the molecule is C=C1C(=O)N(C)C(=O)N(C)C1=[NH+]CCCN1CCN(c2ccccc2OC)CC1.Cl. The molecule has 0 unspecified atom stereocenters. The van der Waals surface area contributed by atoms with Crippen LogP contribution in [0.1, 0.15) is 6.42 Å². The summed E-state index contributed by atoms with van der Waals surface area (Å²) in [4.78, 5) is 34.7. The molecule has 164 valence electrons. The summed E-state index contributed by atoms with van der Waals surface area (Å²) in [6, 6.07) is 7.77. The number of piperazine rings is 1. The number of urea groups is 1. The molecule has 1 aromatic carbocycles. The van der Waals surface area contributed by atoms with E-state index in [1.165, 1.54) is 11.9 Å². The largest absolute Gasteiger partial charge is 0.495 e. The van der Waals surface area contributed by atoms with Crippen LogP contribution in [0.4, 0.5) is 10.5 Å². The Kier molecular flexibility index (Phi) is 8.25. The molecular weight excluding hydrogens is 406 g/mol. The number of carbonyl (C=O) groups excluding carboxylic acids is 2. The van der Waals surface area contributed by atoms with Crippen molar-refractivity contribution in [1.82, 2.24) is 14.7 Å². The summed E-state index contributed by atoms with van der Waals surface area (Å²) in [5.41, 5.74) is 1.46. The van der Waals surface area contributed by atoms with E-state index in [0.717, 1.165) is 55.5 Å². The molecule has 0 atom stereocenters. The van der Waals surface area contributed by atoms with Gasteiger partial charge in [0.15, 0.2) is 0 Å². The highest BCUT2D eigenvalue weighted by Gasteiger charge is 2.41. The molecule has 3 rings (SSSR count). The second-order valence-electron chi connectivity index (χ2n) is 7.31. The number of likely N-dealkylation sites (N-methyl/N-ethyl adjacent to an activating group) is 2. The Balaban J connectivity index is 0.00000320. The van der Waals surface area contributed by atoms with Gasteiger partial charge in [0.05, 0.1) is 26.4 Å². The van der Waals surface area contributed by atoms with Crippen LogP contribution in [0.3, 0.4) is 0 Å². The number of amidine groups is 1. The van der Waals surface area contributed by atoms with Gasteiger partial charge in [-0.1, -0.05) is 18.7 Å². The fourth-order valence-corrected chi connectivity index (χ4v) is 3.75. The van der Waals surface area contributed by atoms with E-state index in [-0.39, 0.29) is 24.3 Å². The molecule has 1 N–H and O–H groups in total. The monoisotopic (exact) mass is 436 g/mol. The number of amides is 3. The number of rotatable bonds is 6. The van der Waals surface area contributed by atoms with Gasteiger partial charge in [-0.3, -0.25) is 14.7 Å². The number of carbonyl (C=O) groups is 2. The smallest absolute Gasteiger partial charge is 0.417 e. The first kappa shape index (κ1) is 23.7. The molecular formula is C21H31ClN5O3+. The second-order valence-corrected chi connectivity index (χ2v) is 7.31. The summed E-state index contributed by atoms with van der Waals surface area (Å²) in [6.45, 7) is 9.35. The molecule has 0 bridgehead atoms. The topological polar surface area (TPSA) is 70.3 Å². The van der Waals surface area contributed by atoms with Gasteiger partial charge in [-0.2, -0.15) is 4.90 Å². The molecule has 8 nitrogen and oxygen atoms in total. The van der Waals surface area contributed by atoms with E-state index in [1.807, 2.05) is 18.2 Å². The minimum atomic E-state index is -0.358. The van der Waals surface area contributed by atoms with Gasteiger partial charge in [0, 0.05) is 39.8 Å². The molecule has 1 aromatic rings. The van der Waals surface area contributed by atoms with Crippen molar-refractivity contribution in [2.75, 3.05) is 65.4 Å². The molecule has 2 aliphatic heterocycles. The summed E-state index contributed by atoms with van der Waals surface area (Å²) >= 11 is 0. The van der Waals surface area contributed by atoms with E-state index in [9.17, 15) is 9.59 Å². The van der Waals surface area contributed by atoms with Gasteiger partial charge in [0.2, 0.25) is 0 Å². The van der Waals surface area contributed by atoms with Crippen LogP contribution in [-0.4, -0.2) is 92.9 Å². The molecule has 2 aliphatic rings. The van der Waals surface area contributed by atoms with E-state index in [0.29, 0.717) is 18.0 Å². The predicted molar refractivity (Wildman–Crippen MR) is 119 cm³/mol. The van der Waals surface area contributed by atoms with Gasteiger partial charge in [-0.05, 0) is 18.6 Å². The van der Waals surface area contributed by atoms with E-state index in [4.69, 9.17) is 4.74 Å². The number of imide groups is 1. The van der Waals surface area contributed by atoms with Crippen LogP contribution in [0.25, 0.3) is 0 Å². The summed E-state index contributed by atoms with van der Waals surface area (Å²) < 4.78 is 5.47. The average Bonchev–Trinajstić information content (AvgIpc) is 2.76. The van der Waals surface area contributed by atoms with E-state index in [1.54, 1.807) is 14.2 Å². The number of hydrogen-bond acceptors (Lipinski definition) is 5. The highest BCUT2D eigenvalue weighted by Crippen LogP contribution is 2.28. The van der Waals surface area contributed by atoms with Crippen molar-refractivity contribution in [3.8, 4) is 5.75 Å². The normalized spacial score (nSPS) is 19.4. The molecule has 2 heterocycles. The zero-order valence-corrected chi connectivity index (χ0v) is 18.7. The molecule has 30 heavy (non-hydrogen) atoms. The Bertz CT molecular complexity index is 821. The standard InChI is InChI=1S/C21H29N5O3.ClH/c1-16-19(23(2)21(28)24(3)20(16)27)22-10-7-11-25-12-14-26(15-13-25)17-8-5-6-9-18(17)29-4;/h5-6,8-9H,1,7,10-15H2,2-4H3;1H/p+1. The molecule has 0 saturated carbocycles. The number of hydrogen-bond donors (Lipinski definition) is 1. The first-order valence-electron chi connectivity index (χ1n) is 9.90. The van der Waals surface area contributed by atoms with Crippen LogP contribution >= 0.6 is 12.4 Å². The van der Waals surface area contributed by atoms with Crippen molar-refractivity contribution < 1.29 is 19.3 Å². The number of methoxy groups -OCH3 is 1. The van der Waals surface area contributed by atoms with Crippen molar-refractivity contribution >= 4 is 35.9 Å². The quantitative estimate of drug-likeness (QED) is 0.509. The molecule has 9 heteroatoms. The molecule has 0 spiro atoms. The Morgan fingerprint density at radius 2 is 1.73 bits per heavy atom. The third kappa shape index (κ3) is 4.94. The maximum Gasteiger partial charge on any atom is 0.417 e. The van der Waals surface area contributed by atoms with Crippen LogP contribution in [0.5, 0.6) is 5.75 Å². The zero-order valence-electron chi connectivity index (χ0n) is 17.9. The Labute approximate surface area is 184 Å². The van der Waals surface area contributed by atoms with E-state index >= 15 is 0 Å². The summed E-state index contributed by atoms with van der Waals surface area (Å²) in [5, 5.41) is 0. The first-order chi connectivity index (χ1) is 13.9. The molecule has 2 fully saturated rings. The van der Waals surface area contributed by atoms with Gasteiger partial charge in [-0.25, -0.2) is 9.69 Å². The lowest BCUT2D eigenvalue weighted by molar-refractivity contribution is -0.462. The fourth-order valence-electron chi connectivity index (χ4n) is 3.75. The zero-order chi connectivity index (χ0) is 21.0. The number of anilines is 1. The van der Waals surface area contributed by atoms with Crippen molar-refractivity contribution in [3.63, 3.8) is 0 Å². The molecule has 3 amide bonds. The van der Waals surface area contributed by atoms with Crippen LogP contribution in [0, 0.1) is 0 Å². The van der Waals surface area contributed by atoms with Gasteiger partial charge >= 0.3 is 6.03 Å². The van der Waals surface area contributed by atoms with Crippen LogP contribution in [-0.2, 0) is 4.79 Å². The van der Waals surface area contributed by atoms with Crippen molar-refractivity contribution in [2.24, 2.45) is 0 Å². The van der Waals surface area contributed by atoms with E-state index in [2.05, 4.69) is 27.4 Å². The molecule has 2 saturated heterocycles. The lowest BCUT2D eigenvalue weighted by Crippen LogP contribution is -2.79. The number of nitrogens with one attached hydrogen (secondary N) is 1. The second kappa shape index (κ2) is 10.4. The maximum atomic E-state index is 12.1. The third-order valence-electron chi connectivity index (χ3n) is 5.50. The molecule has 0 aromatic heterocycles. The number of benzene rings is 1. The summed E-state index contributed by atoms with van der Waals surface area (Å²) in [5.74, 6) is 1.05. The minimum absolute atomic E-state index is 0. The fraction of sp³-hybridized carbons (Fsp3) is 0.476. The van der Waals surface area contributed by atoms with Crippen molar-refractivity contribution in [1.29, 1.82) is 0 Å². The van der Waals surface area contributed by atoms with Gasteiger partial charge in [0.25, 0.3) is 11.7 Å². The van der Waals surface area contributed by atoms with Crippen LogP contribution in [0.15, 0.2) is 36.4 Å². The molecule has 0 aliphatic carbocycles. The lowest BCUT2D eigenvalue weighted by atomic mass is 10.2. The van der Waals surface area contributed by atoms with Gasteiger partial charge in [-0.15, -0.1) is 12.4 Å². The number of halogens is 1. The van der Waals surface area contributed by atoms with Crippen molar-refractivity contribution in [2.45, 2.75) is 6.42 Å². The number of ether oxygens (including phenoxy) is 1. The maximum absolute atomic E-state index is 12.1. The van der Waals surface area contributed by atoms with Crippen LogP contribution < -0.4 is 14.6 Å². The lowest BCUT2D eigenvalue weighted by Gasteiger charge is -2.36. The Morgan fingerprint density at radius 1 is 1.07 bits per heavy atom. The minimum Gasteiger partial charge on any atom is -0.495 e. The predicted octanol–water partition coefficient (Wildman–Crippen LogP) is 0.188. The first-order valence-corrected chi connectivity index (χ1v) is 9.90. The molecule has 0 radical (unpaired) electrons. The third-order valence-corrected chi connectivity index (χ3v) is 5.50. The van der Waals surface area contributed by atoms with Gasteiger partial charge < -0.3 is 9.64 Å². The Morgan fingerprint density at radius 3 is 2.40 bits per heavy atom. The van der Waals surface area contributed by atoms with E-state index < -0.39 is 0 Å². The average molecular weight is 437 g/mol.